The number of hydrogen-bond donors (Lipinski definition) is 0. The molecule has 2 rings (SSSR count). The number of nitrogens with zero attached hydrogens (tertiary/aromatic N) is 1. The first-order valence-corrected chi connectivity index (χ1v) is 3.56. The summed E-state index contributed by atoms with van der Waals surface area (Å²) >= 11 is 0. The molecule has 10 heavy (non-hydrogen) atoms. The van der Waals surface area contributed by atoms with Gasteiger partial charge in [0.1, 0.15) is 0 Å². The minimum absolute atomic E-state index is 0.584. The molecule has 0 spiro atoms. The molecule has 0 fully saturated rings. The molecule has 0 bridgehead atoms. The fraction of sp³-hybridized carbons (Fsp3) is 0.222. The van der Waals surface area contributed by atoms with Gasteiger partial charge in [-0.1, -0.05) is 6.07 Å². The van der Waals surface area contributed by atoms with Crippen LogP contribution in [0.25, 0.3) is 6.20 Å². The van der Waals surface area contributed by atoms with Crippen LogP contribution in [-0.4, -0.2) is 0 Å². The zero-order chi connectivity index (χ0) is 6.97. The highest BCUT2D eigenvalue weighted by molar-refractivity contribution is 5.25. The Morgan fingerprint density at radius 2 is 2.30 bits per heavy atom. The lowest BCUT2D eigenvalue weighted by Gasteiger charge is -1.93. The van der Waals surface area contributed by atoms with Crippen molar-refractivity contribution in [1.82, 2.24) is 0 Å². The molecule has 0 amide bonds. The molecule has 0 aliphatic carbocycles. The Hall–Kier alpha value is -1.11. The van der Waals surface area contributed by atoms with Crippen LogP contribution in [-0.2, 0) is 0 Å². The molecule has 0 aromatic carbocycles. The second-order valence-corrected chi connectivity index (χ2v) is 2.66. The predicted molar refractivity (Wildman–Crippen MR) is 40.4 cm³/mol. The maximum absolute atomic E-state index is 2.20. The Kier molecular flexibility index (Phi) is 1.10. The third-order valence-corrected chi connectivity index (χ3v) is 1.92. The third-order valence-electron chi connectivity index (χ3n) is 1.92. The van der Waals surface area contributed by atoms with Gasteiger partial charge in [-0.15, -0.1) is 0 Å². The van der Waals surface area contributed by atoms with Gasteiger partial charge < -0.3 is 0 Å². The van der Waals surface area contributed by atoms with Gasteiger partial charge in [0.05, 0.1) is 5.92 Å². The summed E-state index contributed by atoms with van der Waals surface area (Å²) in [5.41, 5.74) is 1.38. The van der Waals surface area contributed by atoms with Crippen LogP contribution in [0.15, 0.2) is 30.5 Å². The fourth-order valence-electron chi connectivity index (χ4n) is 1.31. The van der Waals surface area contributed by atoms with Crippen molar-refractivity contribution >= 4 is 6.20 Å². The molecule has 1 aromatic rings. The SMILES string of the molecule is CC1C=C[n+]2ccccc21. The van der Waals surface area contributed by atoms with Crippen LogP contribution in [0.4, 0.5) is 0 Å². The third kappa shape index (κ3) is 0.670. The average molecular weight is 132 g/mol. The quantitative estimate of drug-likeness (QED) is 0.472. The Morgan fingerprint density at radius 3 is 3.10 bits per heavy atom. The first-order valence-electron chi connectivity index (χ1n) is 3.56. The summed E-state index contributed by atoms with van der Waals surface area (Å²) in [5.74, 6) is 0.584. The summed E-state index contributed by atoms with van der Waals surface area (Å²) in [6.07, 6.45) is 6.39. The van der Waals surface area contributed by atoms with Gasteiger partial charge in [-0.3, -0.25) is 0 Å². The van der Waals surface area contributed by atoms with Crippen LogP contribution in [0.2, 0.25) is 0 Å². The minimum atomic E-state index is 0.584. The van der Waals surface area contributed by atoms with E-state index < -0.39 is 0 Å². The van der Waals surface area contributed by atoms with E-state index >= 15 is 0 Å². The van der Waals surface area contributed by atoms with Crippen LogP contribution in [0.3, 0.4) is 0 Å². The molecule has 2 heterocycles. The highest BCUT2D eigenvalue weighted by Crippen LogP contribution is 2.15. The largest absolute Gasteiger partial charge is 0.193 e. The number of aromatic nitrogens is 1. The van der Waals surface area contributed by atoms with Crippen molar-refractivity contribution in [3.63, 3.8) is 0 Å². The van der Waals surface area contributed by atoms with E-state index in [-0.39, 0.29) is 0 Å². The van der Waals surface area contributed by atoms with Gasteiger partial charge in [0, 0.05) is 12.1 Å². The van der Waals surface area contributed by atoms with Crippen molar-refractivity contribution < 1.29 is 4.57 Å². The second kappa shape index (κ2) is 1.94. The lowest BCUT2D eigenvalue weighted by molar-refractivity contribution is -0.572. The number of hydrogen-bond acceptors (Lipinski definition) is 0. The monoisotopic (exact) mass is 132 g/mol. The van der Waals surface area contributed by atoms with Crippen molar-refractivity contribution in [2.75, 3.05) is 0 Å². The first-order chi connectivity index (χ1) is 4.88. The minimum Gasteiger partial charge on any atom is -0.171 e. The van der Waals surface area contributed by atoms with Crippen molar-refractivity contribution in [3.05, 3.63) is 36.2 Å². The van der Waals surface area contributed by atoms with Crippen molar-refractivity contribution in [2.45, 2.75) is 12.8 Å². The molecule has 1 aliphatic rings. The highest BCUT2D eigenvalue weighted by Gasteiger charge is 2.18. The van der Waals surface area contributed by atoms with Crippen LogP contribution >= 0.6 is 0 Å². The lowest BCUT2D eigenvalue weighted by atomic mass is 10.1. The maximum Gasteiger partial charge on any atom is 0.193 e. The highest BCUT2D eigenvalue weighted by atomic mass is 15.0. The Balaban J connectivity index is 2.59. The second-order valence-electron chi connectivity index (χ2n) is 2.66. The molecule has 1 aliphatic heterocycles. The molecular formula is C9H10N+. The summed E-state index contributed by atoms with van der Waals surface area (Å²) in [6, 6.07) is 6.28. The predicted octanol–water partition coefficient (Wildman–Crippen LogP) is 1.56. The zero-order valence-corrected chi connectivity index (χ0v) is 5.99. The number of rotatable bonds is 0. The Morgan fingerprint density at radius 1 is 1.40 bits per heavy atom. The lowest BCUT2D eigenvalue weighted by Crippen LogP contribution is -2.27. The Labute approximate surface area is 60.6 Å². The summed E-state index contributed by atoms with van der Waals surface area (Å²) in [7, 11) is 0. The van der Waals surface area contributed by atoms with Gasteiger partial charge in [-0.25, -0.2) is 0 Å². The average Bonchev–Trinajstić information content (AvgIpc) is 2.34. The van der Waals surface area contributed by atoms with E-state index in [0.717, 1.165) is 0 Å². The van der Waals surface area contributed by atoms with E-state index in [2.05, 4.69) is 42.1 Å². The molecule has 0 saturated heterocycles. The molecule has 1 heteroatoms. The van der Waals surface area contributed by atoms with Gasteiger partial charge in [0.25, 0.3) is 0 Å². The molecule has 50 valence electrons. The smallest absolute Gasteiger partial charge is 0.171 e. The molecule has 0 saturated carbocycles. The van der Waals surface area contributed by atoms with Crippen molar-refractivity contribution in [3.8, 4) is 0 Å². The molecule has 0 radical (unpaired) electrons. The van der Waals surface area contributed by atoms with Crippen LogP contribution in [0, 0.1) is 0 Å². The van der Waals surface area contributed by atoms with Crippen LogP contribution in [0.5, 0.6) is 0 Å². The van der Waals surface area contributed by atoms with E-state index in [0.29, 0.717) is 5.92 Å². The van der Waals surface area contributed by atoms with Gasteiger partial charge >= 0.3 is 0 Å². The molecule has 1 nitrogen and oxygen atoms in total. The van der Waals surface area contributed by atoms with Gasteiger partial charge in [0.15, 0.2) is 18.1 Å². The van der Waals surface area contributed by atoms with E-state index in [1.807, 2.05) is 6.07 Å². The Bertz CT molecular complexity index is 276. The molecule has 0 N–H and O–H groups in total. The van der Waals surface area contributed by atoms with E-state index in [4.69, 9.17) is 0 Å². The number of pyridine rings is 1. The number of allylic oxidation sites excluding steroid dienone is 1. The van der Waals surface area contributed by atoms with Gasteiger partial charge in [-0.2, -0.15) is 4.57 Å². The van der Waals surface area contributed by atoms with E-state index in [9.17, 15) is 0 Å². The van der Waals surface area contributed by atoms with Crippen LogP contribution in [0.1, 0.15) is 18.5 Å². The van der Waals surface area contributed by atoms with Crippen molar-refractivity contribution in [1.29, 1.82) is 0 Å². The first kappa shape index (κ1) is 5.66. The maximum atomic E-state index is 2.20. The van der Waals surface area contributed by atoms with E-state index in [1.165, 1.54) is 5.69 Å². The molecule has 1 atom stereocenters. The summed E-state index contributed by atoms with van der Waals surface area (Å²) in [4.78, 5) is 0. The topological polar surface area (TPSA) is 3.88 Å². The van der Waals surface area contributed by atoms with Gasteiger partial charge in [-0.05, 0) is 13.0 Å². The number of fused-ring (bicyclic) bond motifs is 1. The fourth-order valence-corrected chi connectivity index (χ4v) is 1.31. The molecular weight excluding hydrogens is 122 g/mol. The normalized spacial score (nSPS) is 21.1. The van der Waals surface area contributed by atoms with Crippen LogP contribution < -0.4 is 4.57 Å². The van der Waals surface area contributed by atoms with E-state index in [1.54, 1.807) is 0 Å². The standard InChI is InChI=1S/C9H10N/c1-8-5-7-10-6-3-2-4-9(8)10/h2-8H,1H3/q+1. The van der Waals surface area contributed by atoms with Crippen molar-refractivity contribution in [2.24, 2.45) is 0 Å². The summed E-state index contributed by atoms with van der Waals surface area (Å²) < 4.78 is 2.16. The summed E-state index contributed by atoms with van der Waals surface area (Å²) in [6.45, 7) is 2.20. The molecule has 1 aromatic heterocycles. The molecule has 1 unspecified atom stereocenters. The van der Waals surface area contributed by atoms with Gasteiger partial charge in [0.2, 0.25) is 0 Å². The zero-order valence-electron chi connectivity index (χ0n) is 5.99. The summed E-state index contributed by atoms with van der Waals surface area (Å²) in [5, 5.41) is 0.